The molecule has 4 N–H and O–H groups in total. The number of carbonyl (C=O) groups excluding carboxylic acids is 3. The van der Waals surface area contributed by atoms with Crippen LogP contribution in [0, 0.1) is 6.92 Å². The third-order valence-electron chi connectivity index (χ3n) is 5.68. The molecule has 3 amide bonds. The Labute approximate surface area is 213 Å². The second-order valence-electron chi connectivity index (χ2n) is 8.83. The fourth-order valence-corrected chi connectivity index (χ4v) is 3.42. The number of benzene rings is 1. The smallest absolute Gasteiger partial charge is 0.271 e. The first-order valence-corrected chi connectivity index (χ1v) is 11.9. The summed E-state index contributed by atoms with van der Waals surface area (Å²) < 4.78 is 0. The number of anilines is 2. The zero-order chi connectivity index (χ0) is 26.8. The number of primary amides is 1. The van der Waals surface area contributed by atoms with Gasteiger partial charge in [0.2, 0.25) is 11.8 Å². The number of aromatic nitrogens is 2. The summed E-state index contributed by atoms with van der Waals surface area (Å²) in [6.45, 7) is 6.53. The maximum atomic E-state index is 12.5. The molecule has 10 heteroatoms. The highest BCUT2D eigenvalue weighted by atomic mass is 16.2. The Hall–Kier alpha value is -3.79. The molecule has 1 atom stereocenters. The first-order valence-electron chi connectivity index (χ1n) is 11.9. The van der Waals surface area contributed by atoms with Crippen LogP contribution in [0.1, 0.15) is 41.3 Å². The summed E-state index contributed by atoms with van der Waals surface area (Å²) in [6, 6.07) is 6.98. The largest absolute Gasteiger partial charge is 0.364 e. The van der Waals surface area contributed by atoms with Gasteiger partial charge in [0.15, 0.2) is 11.5 Å². The Kier molecular flexibility index (Phi) is 10.5. The number of likely N-dealkylation sites (N-methyl/N-ethyl adjacent to an activating group) is 2. The molecule has 194 valence electrons. The number of hydrogen-bond acceptors (Lipinski definition) is 7. The van der Waals surface area contributed by atoms with E-state index in [0.717, 1.165) is 22.6 Å². The first kappa shape index (κ1) is 28.4. The molecular weight excluding hydrogens is 458 g/mol. The van der Waals surface area contributed by atoms with Crippen LogP contribution in [0.5, 0.6) is 0 Å². The van der Waals surface area contributed by atoms with E-state index in [9.17, 15) is 14.4 Å². The van der Waals surface area contributed by atoms with Gasteiger partial charge in [-0.2, -0.15) is 0 Å². The highest BCUT2D eigenvalue weighted by Gasteiger charge is 2.20. The van der Waals surface area contributed by atoms with Gasteiger partial charge >= 0.3 is 0 Å². The lowest BCUT2D eigenvalue weighted by molar-refractivity contribution is -0.135. The van der Waals surface area contributed by atoms with Gasteiger partial charge in [-0.15, -0.1) is 0 Å². The molecule has 0 aliphatic rings. The Morgan fingerprint density at radius 3 is 2.53 bits per heavy atom. The topological polar surface area (TPSA) is 134 Å². The van der Waals surface area contributed by atoms with Crippen molar-refractivity contribution in [2.45, 2.75) is 39.7 Å². The summed E-state index contributed by atoms with van der Waals surface area (Å²) in [6.07, 6.45) is 4.47. The van der Waals surface area contributed by atoms with Crippen molar-refractivity contribution in [3.05, 3.63) is 59.1 Å². The molecule has 2 rings (SSSR count). The normalized spacial score (nSPS) is 12.0. The van der Waals surface area contributed by atoms with Gasteiger partial charge in [0.05, 0.1) is 11.4 Å². The van der Waals surface area contributed by atoms with E-state index in [-0.39, 0.29) is 17.5 Å². The molecule has 0 radical (unpaired) electrons. The number of nitrogens with two attached hydrogens (primary N) is 1. The van der Waals surface area contributed by atoms with Crippen LogP contribution in [0.4, 0.5) is 11.5 Å². The number of nitrogens with one attached hydrogen (secondary N) is 2. The molecule has 0 fully saturated rings. The highest BCUT2D eigenvalue weighted by Crippen LogP contribution is 2.20. The third kappa shape index (κ3) is 8.16. The number of rotatable bonds is 12. The molecule has 0 saturated carbocycles. The van der Waals surface area contributed by atoms with Gasteiger partial charge in [-0.1, -0.05) is 25.1 Å². The fourth-order valence-electron chi connectivity index (χ4n) is 3.42. The van der Waals surface area contributed by atoms with Crippen molar-refractivity contribution >= 4 is 29.2 Å². The average molecular weight is 496 g/mol. The van der Waals surface area contributed by atoms with E-state index in [1.54, 1.807) is 20.0 Å². The minimum absolute atomic E-state index is 0.0966. The zero-order valence-corrected chi connectivity index (χ0v) is 22.0. The second kappa shape index (κ2) is 13.3. The molecule has 0 aliphatic heterocycles. The van der Waals surface area contributed by atoms with E-state index in [1.807, 2.05) is 57.1 Å². The maximum Gasteiger partial charge on any atom is 0.271 e. The minimum atomic E-state index is -0.649. The summed E-state index contributed by atoms with van der Waals surface area (Å²) in [7, 11) is 5.44. The number of carbonyl (C=O) groups is 3. The molecule has 0 bridgehead atoms. The molecule has 1 aromatic carbocycles. The molecule has 10 nitrogen and oxygen atoms in total. The average Bonchev–Trinajstić information content (AvgIpc) is 2.82. The van der Waals surface area contributed by atoms with E-state index in [2.05, 4.69) is 20.6 Å². The summed E-state index contributed by atoms with van der Waals surface area (Å²) >= 11 is 0. The van der Waals surface area contributed by atoms with E-state index in [1.165, 1.54) is 11.0 Å². The van der Waals surface area contributed by atoms with Crippen LogP contribution in [0.2, 0.25) is 0 Å². The monoisotopic (exact) mass is 495 g/mol. The summed E-state index contributed by atoms with van der Waals surface area (Å²) in [5, 5.41) is 6.02. The standard InChI is InChI=1S/C26H37N7O3/c1-7-21-17(2)29-25(23(31-21)24(27)35)30-20-11-8-10-19(16-20)13-14-28-26(36)18(3)33(6)22(34)12-9-15-32(4)5/h8-12,16,18H,7,13-15H2,1-6H3,(H2,27,35)(H,28,36)(H,29,30)/b12-9+/t18-/m0/s1. The Balaban J connectivity index is 1.97. The molecule has 2 aromatic rings. The summed E-state index contributed by atoms with van der Waals surface area (Å²) in [5.74, 6) is -0.791. The molecular formula is C26H37N7O3. The van der Waals surface area contributed by atoms with Crippen LogP contribution in [0.15, 0.2) is 36.4 Å². The van der Waals surface area contributed by atoms with Crippen LogP contribution in [0.3, 0.4) is 0 Å². The fraction of sp³-hybridized carbons (Fsp3) is 0.423. The first-order chi connectivity index (χ1) is 17.0. The van der Waals surface area contributed by atoms with Gasteiger partial charge in [0.25, 0.3) is 5.91 Å². The number of amides is 3. The van der Waals surface area contributed by atoms with Gasteiger partial charge in [0, 0.05) is 31.9 Å². The van der Waals surface area contributed by atoms with Crippen molar-refractivity contribution < 1.29 is 14.4 Å². The van der Waals surface area contributed by atoms with Crippen LogP contribution in [-0.2, 0) is 22.4 Å². The minimum Gasteiger partial charge on any atom is -0.364 e. The van der Waals surface area contributed by atoms with Crippen molar-refractivity contribution in [1.82, 2.24) is 25.1 Å². The van der Waals surface area contributed by atoms with Crippen LogP contribution < -0.4 is 16.4 Å². The Morgan fingerprint density at radius 1 is 1.17 bits per heavy atom. The Morgan fingerprint density at radius 2 is 1.89 bits per heavy atom. The maximum absolute atomic E-state index is 12.5. The van der Waals surface area contributed by atoms with Crippen molar-refractivity contribution in [2.75, 3.05) is 39.5 Å². The summed E-state index contributed by atoms with van der Waals surface area (Å²) in [5.41, 5.74) is 8.76. The van der Waals surface area contributed by atoms with E-state index < -0.39 is 11.9 Å². The third-order valence-corrected chi connectivity index (χ3v) is 5.68. The van der Waals surface area contributed by atoms with Crippen molar-refractivity contribution in [3.63, 3.8) is 0 Å². The van der Waals surface area contributed by atoms with Gasteiger partial charge < -0.3 is 26.2 Å². The molecule has 1 aromatic heterocycles. The van der Waals surface area contributed by atoms with Gasteiger partial charge in [-0.05, 0) is 58.5 Å². The van der Waals surface area contributed by atoms with Crippen molar-refractivity contribution in [2.24, 2.45) is 5.73 Å². The molecule has 0 saturated heterocycles. The number of aryl methyl sites for hydroxylation is 2. The van der Waals surface area contributed by atoms with Gasteiger partial charge in [-0.3, -0.25) is 14.4 Å². The lowest BCUT2D eigenvalue weighted by atomic mass is 10.1. The summed E-state index contributed by atoms with van der Waals surface area (Å²) in [4.78, 5) is 48.9. The van der Waals surface area contributed by atoms with Crippen LogP contribution in [0.25, 0.3) is 0 Å². The second-order valence-corrected chi connectivity index (χ2v) is 8.83. The van der Waals surface area contributed by atoms with Crippen molar-refractivity contribution in [3.8, 4) is 0 Å². The van der Waals surface area contributed by atoms with Crippen LogP contribution >= 0.6 is 0 Å². The zero-order valence-electron chi connectivity index (χ0n) is 22.0. The Bertz CT molecular complexity index is 1110. The predicted molar refractivity (Wildman–Crippen MR) is 141 cm³/mol. The molecule has 1 heterocycles. The van der Waals surface area contributed by atoms with Crippen LogP contribution in [-0.4, -0.2) is 77.8 Å². The van der Waals surface area contributed by atoms with E-state index in [4.69, 9.17) is 5.73 Å². The molecule has 0 spiro atoms. The van der Waals surface area contributed by atoms with Gasteiger partial charge in [0.1, 0.15) is 6.04 Å². The quantitative estimate of drug-likeness (QED) is 0.382. The van der Waals surface area contributed by atoms with Crippen molar-refractivity contribution in [1.29, 1.82) is 0 Å². The number of nitrogens with zero attached hydrogens (tertiary/aromatic N) is 4. The lowest BCUT2D eigenvalue weighted by Gasteiger charge is -2.23. The lowest BCUT2D eigenvalue weighted by Crippen LogP contribution is -2.45. The molecule has 36 heavy (non-hydrogen) atoms. The molecule has 0 unspecified atom stereocenters. The van der Waals surface area contributed by atoms with E-state index >= 15 is 0 Å². The van der Waals surface area contributed by atoms with E-state index in [0.29, 0.717) is 31.7 Å². The SMILES string of the molecule is CCc1nc(C(N)=O)c(Nc2cccc(CCNC(=O)[C@H](C)N(C)C(=O)/C=C/CN(C)C)c2)nc1C. The van der Waals surface area contributed by atoms with Gasteiger partial charge in [-0.25, -0.2) is 9.97 Å². The number of hydrogen-bond donors (Lipinski definition) is 3. The highest BCUT2D eigenvalue weighted by molar-refractivity contribution is 5.96. The predicted octanol–water partition coefficient (Wildman–Crippen LogP) is 1.81. The molecule has 0 aliphatic carbocycles.